The molecule has 0 fully saturated rings. The van der Waals surface area contributed by atoms with Crippen LogP contribution in [0.1, 0.15) is 18.2 Å². The Labute approximate surface area is 113 Å². The maximum absolute atomic E-state index is 4.37. The molecule has 0 unspecified atom stereocenters. The first kappa shape index (κ1) is 13.4. The molecular weight excluding hydrogens is 238 g/mol. The number of pyridine rings is 1. The fraction of sp³-hybridized carbons (Fsp3) is 0.357. The van der Waals surface area contributed by atoms with E-state index in [1.54, 1.807) is 6.20 Å². The van der Waals surface area contributed by atoms with Crippen molar-refractivity contribution in [1.82, 2.24) is 20.3 Å². The van der Waals surface area contributed by atoms with Crippen LogP contribution >= 0.6 is 0 Å². The topological polar surface area (TPSA) is 53.9 Å². The molecule has 5 nitrogen and oxygen atoms in total. The summed E-state index contributed by atoms with van der Waals surface area (Å²) in [5.41, 5.74) is 2.10. The molecule has 2 rings (SSSR count). The quantitative estimate of drug-likeness (QED) is 0.852. The van der Waals surface area contributed by atoms with Crippen LogP contribution in [0.5, 0.6) is 0 Å². The van der Waals surface area contributed by atoms with Gasteiger partial charge in [-0.3, -0.25) is 4.98 Å². The van der Waals surface area contributed by atoms with Gasteiger partial charge in [0.25, 0.3) is 0 Å². The maximum Gasteiger partial charge on any atom is 0.225 e. The molecule has 0 aromatic carbocycles. The monoisotopic (exact) mass is 257 g/mol. The van der Waals surface area contributed by atoms with Crippen LogP contribution < -0.4 is 10.2 Å². The summed E-state index contributed by atoms with van der Waals surface area (Å²) in [5, 5.41) is 3.25. The summed E-state index contributed by atoms with van der Waals surface area (Å²) in [6.07, 6.45) is 5.52. The predicted octanol–water partition coefficient (Wildman–Crippen LogP) is 1.62. The van der Waals surface area contributed by atoms with E-state index in [9.17, 15) is 0 Å². The van der Waals surface area contributed by atoms with E-state index in [2.05, 4.69) is 27.2 Å². The standard InChI is InChI=1S/C14H19N5/c1-3-15-8-12-9-17-14(18-10-12)19(2)11-13-6-4-5-7-16-13/h4-7,9-10,15H,3,8,11H2,1-2H3. The number of nitrogens with one attached hydrogen (secondary N) is 1. The summed E-state index contributed by atoms with van der Waals surface area (Å²) >= 11 is 0. The summed E-state index contributed by atoms with van der Waals surface area (Å²) in [7, 11) is 1.97. The average molecular weight is 257 g/mol. The average Bonchev–Trinajstić information content (AvgIpc) is 2.46. The third kappa shape index (κ3) is 3.99. The molecule has 100 valence electrons. The Morgan fingerprint density at radius 2 is 1.95 bits per heavy atom. The first-order chi connectivity index (χ1) is 9.29. The highest BCUT2D eigenvalue weighted by Gasteiger charge is 2.05. The van der Waals surface area contributed by atoms with E-state index in [1.165, 1.54) is 0 Å². The van der Waals surface area contributed by atoms with Crippen LogP contribution in [0.2, 0.25) is 0 Å². The third-order valence-electron chi connectivity index (χ3n) is 2.74. The van der Waals surface area contributed by atoms with Crippen molar-refractivity contribution in [3.05, 3.63) is 48.0 Å². The highest BCUT2D eigenvalue weighted by Crippen LogP contribution is 2.08. The molecule has 2 aromatic rings. The van der Waals surface area contributed by atoms with E-state index in [0.717, 1.165) is 24.3 Å². The smallest absolute Gasteiger partial charge is 0.225 e. The number of anilines is 1. The lowest BCUT2D eigenvalue weighted by Crippen LogP contribution is -2.20. The molecule has 0 atom stereocenters. The number of hydrogen-bond donors (Lipinski definition) is 1. The molecule has 5 heteroatoms. The summed E-state index contributed by atoms with van der Waals surface area (Å²) in [5.74, 6) is 0.714. The van der Waals surface area contributed by atoms with Crippen LogP contribution in [0, 0.1) is 0 Å². The van der Waals surface area contributed by atoms with Crippen LogP contribution in [0.15, 0.2) is 36.8 Å². The molecule has 0 amide bonds. The molecule has 19 heavy (non-hydrogen) atoms. The van der Waals surface area contributed by atoms with Gasteiger partial charge in [-0.15, -0.1) is 0 Å². The lowest BCUT2D eigenvalue weighted by Gasteiger charge is -2.16. The fourth-order valence-electron chi connectivity index (χ4n) is 1.71. The van der Waals surface area contributed by atoms with Gasteiger partial charge in [0.2, 0.25) is 5.95 Å². The largest absolute Gasteiger partial charge is 0.338 e. The molecule has 0 bridgehead atoms. The Balaban J connectivity index is 1.97. The minimum atomic E-state index is 0.702. The highest BCUT2D eigenvalue weighted by molar-refractivity contribution is 5.29. The van der Waals surface area contributed by atoms with Crippen molar-refractivity contribution in [3.8, 4) is 0 Å². The second-order valence-electron chi connectivity index (χ2n) is 4.35. The van der Waals surface area contributed by atoms with Gasteiger partial charge in [0, 0.05) is 37.7 Å². The SMILES string of the molecule is CCNCc1cnc(N(C)Cc2ccccn2)nc1. The van der Waals surface area contributed by atoms with Crippen molar-refractivity contribution in [2.75, 3.05) is 18.5 Å². The second-order valence-corrected chi connectivity index (χ2v) is 4.35. The molecule has 0 aliphatic carbocycles. The first-order valence-corrected chi connectivity index (χ1v) is 6.42. The number of hydrogen-bond acceptors (Lipinski definition) is 5. The Morgan fingerprint density at radius 3 is 2.58 bits per heavy atom. The molecule has 0 radical (unpaired) electrons. The van der Waals surface area contributed by atoms with Gasteiger partial charge in [0.1, 0.15) is 0 Å². The van der Waals surface area contributed by atoms with Gasteiger partial charge >= 0.3 is 0 Å². The van der Waals surface area contributed by atoms with Crippen molar-refractivity contribution in [2.45, 2.75) is 20.0 Å². The Kier molecular flexibility index (Phi) is 4.80. The first-order valence-electron chi connectivity index (χ1n) is 6.42. The van der Waals surface area contributed by atoms with Gasteiger partial charge in [-0.05, 0) is 18.7 Å². The van der Waals surface area contributed by atoms with E-state index in [-0.39, 0.29) is 0 Å². The van der Waals surface area contributed by atoms with Crippen molar-refractivity contribution in [2.24, 2.45) is 0 Å². The van der Waals surface area contributed by atoms with E-state index < -0.39 is 0 Å². The van der Waals surface area contributed by atoms with Crippen molar-refractivity contribution in [1.29, 1.82) is 0 Å². The van der Waals surface area contributed by atoms with Crippen LogP contribution in [0.3, 0.4) is 0 Å². The fourth-order valence-corrected chi connectivity index (χ4v) is 1.71. The molecule has 1 N–H and O–H groups in total. The van der Waals surface area contributed by atoms with E-state index in [1.807, 2.05) is 42.5 Å². The summed E-state index contributed by atoms with van der Waals surface area (Å²) < 4.78 is 0. The molecule has 0 saturated heterocycles. The lowest BCUT2D eigenvalue weighted by atomic mass is 10.3. The van der Waals surface area contributed by atoms with Crippen LogP contribution in [0.4, 0.5) is 5.95 Å². The van der Waals surface area contributed by atoms with E-state index >= 15 is 0 Å². The third-order valence-corrected chi connectivity index (χ3v) is 2.74. The molecule has 0 aliphatic rings. The zero-order valence-electron chi connectivity index (χ0n) is 11.4. The summed E-state index contributed by atoms with van der Waals surface area (Å²) in [4.78, 5) is 15.0. The summed E-state index contributed by atoms with van der Waals surface area (Å²) in [6, 6.07) is 5.89. The molecule has 2 heterocycles. The van der Waals surface area contributed by atoms with E-state index in [0.29, 0.717) is 12.5 Å². The second kappa shape index (κ2) is 6.80. The van der Waals surface area contributed by atoms with Gasteiger partial charge in [0.15, 0.2) is 0 Å². The molecule has 2 aromatic heterocycles. The number of nitrogens with zero attached hydrogens (tertiary/aromatic N) is 4. The van der Waals surface area contributed by atoms with Gasteiger partial charge in [-0.25, -0.2) is 9.97 Å². The molecule has 0 aliphatic heterocycles. The Hall–Kier alpha value is -2.01. The van der Waals surface area contributed by atoms with Gasteiger partial charge in [-0.1, -0.05) is 13.0 Å². The maximum atomic E-state index is 4.37. The van der Waals surface area contributed by atoms with Gasteiger partial charge < -0.3 is 10.2 Å². The van der Waals surface area contributed by atoms with Crippen molar-refractivity contribution < 1.29 is 0 Å². The Morgan fingerprint density at radius 1 is 1.16 bits per heavy atom. The zero-order chi connectivity index (χ0) is 13.5. The molecule has 0 spiro atoms. The number of aromatic nitrogens is 3. The Bertz CT molecular complexity index is 483. The minimum Gasteiger partial charge on any atom is -0.338 e. The van der Waals surface area contributed by atoms with E-state index in [4.69, 9.17) is 0 Å². The van der Waals surface area contributed by atoms with Gasteiger partial charge in [-0.2, -0.15) is 0 Å². The summed E-state index contributed by atoms with van der Waals surface area (Å²) in [6.45, 7) is 4.53. The van der Waals surface area contributed by atoms with Crippen molar-refractivity contribution in [3.63, 3.8) is 0 Å². The van der Waals surface area contributed by atoms with Crippen LogP contribution in [-0.4, -0.2) is 28.5 Å². The van der Waals surface area contributed by atoms with Gasteiger partial charge in [0.05, 0.1) is 12.2 Å². The van der Waals surface area contributed by atoms with Crippen molar-refractivity contribution >= 4 is 5.95 Å². The zero-order valence-corrected chi connectivity index (χ0v) is 11.4. The minimum absolute atomic E-state index is 0.702. The lowest BCUT2D eigenvalue weighted by molar-refractivity contribution is 0.719. The number of rotatable bonds is 6. The van der Waals surface area contributed by atoms with Crippen LogP contribution in [-0.2, 0) is 13.1 Å². The highest BCUT2D eigenvalue weighted by atomic mass is 15.2. The predicted molar refractivity (Wildman–Crippen MR) is 75.8 cm³/mol. The molecule has 0 saturated carbocycles. The normalized spacial score (nSPS) is 10.4. The molecular formula is C14H19N5. The van der Waals surface area contributed by atoms with Crippen LogP contribution in [0.25, 0.3) is 0 Å².